The van der Waals surface area contributed by atoms with Gasteiger partial charge in [-0.25, -0.2) is 14.2 Å². The highest BCUT2D eigenvalue weighted by Gasteiger charge is 2.28. The minimum absolute atomic E-state index is 0.0265. The lowest BCUT2D eigenvalue weighted by Crippen LogP contribution is -2.44. The number of morpholine rings is 1. The molecule has 3 rings (SSSR count). The van der Waals surface area contributed by atoms with E-state index >= 15 is 0 Å². The smallest absolute Gasteiger partial charge is 0.224 e. The number of nitriles is 1. The van der Waals surface area contributed by atoms with E-state index in [1.807, 2.05) is 17.9 Å². The Morgan fingerprint density at radius 2 is 2.19 bits per heavy atom. The number of halogens is 2. The van der Waals surface area contributed by atoms with Crippen molar-refractivity contribution in [1.82, 2.24) is 9.97 Å². The second kappa shape index (κ2) is 8.50. The number of ether oxygens (including phenoxy) is 1. The van der Waals surface area contributed by atoms with Crippen LogP contribution in [0.3, 0.4) is 0 Å². The topological polar surface area (TPSA) is 99.3 Å². The predicted molar refractivity (Wildman–Crippen MR) is 103 cm³/mol. The van der Waals surface area contributed by atoms with E-state index in [2.05, 4.69) is 9.97 Å². The Bertz CT molecular complexity index is 922. The summed E-state index contributed by atoms with van der Waals surface area (Å²) in [4.78, 5) is 10.4. The molecule has 7 nitrogen and oxygen atoms in total. The molecule has 10 heteroatoms. The first-order valence-electron chi connectivity index (χ1n) is 8.08. The van der Waals surface area contributed by atoms with Crippen molar-refractivity contribution >= 4 is 40.1 Å². The predicted octanol–water partition coefficient (Wildman–Crippen LogP) is 3.19. The van der Waals surface area contributed by atoms with Crippen LogP contribution in [-0.2, 0) is 15.8 Å². The summed E-state index contributed by atoms with van der Waals surface area (Å²) in [6, 6.07) is 8.23. The second-order valence-electron chi connectivity index (χ2n) is 6.04. The Kier molecular flexibility index (Phi) is 6.29. The first-order valence-corrected chi connectivity index (χ1v) is 10.0. The molecule has 0 amide bonds. The summed E-state index contributed by atoms with van der Waals surface area (Å²) in [5.74, 6) is 0.556. The van der Waals surface area contributed by atoms with Crippen molar-refractivity contribution in [3.05, 3.63) is 51.4 Å². The molecule has 1 aliphatic heterocycles. The highest BCUT2D eigenvalue weighted by molar-refractivity contribution is 7.79. The number of hydrogen-bond donors (Lipinski definition) is 1. The Hall–Kier alpha value is -1.76. The number of rotatable bonds is 4. The van der Waals surface area contributed by atoms with Crippen molar-refractivity contribution in [2.24, 2.45) is 0 Å². The molecule has 0 spiro atoms. The molecule has 0 saturated carbocycles. The Morgan fingerprint density at radius 1 is 1.41 bits per heavy atom. The molecular weight excluding hydrogens is 411 g/mol. The van der Waals surface area contributed by atoms with Gasteiger partial charge in [-0.05, 0) is 36.2 Å². The van der Waals surface area contributed by atoms with Gasteiger partial charge < -0.3 is 14.2 Å². The Morgan fingerprint density at radius 3 is 2.81 bits per heavy atom. The third-order valence-electron chi connectivity index (χ3n) is 4.25. The maximum atomic E-state index is 12.1. The molecule has 0 bridgehead atoms. The van der Waals surface area contributed by atoms with Crippen LogP contribution >= 0.6 is 23.2 Å². The van der Waals surface area contributed by atoms with Crippen LogP contribution in [0, 0.1) is 11.3 Å². The van der Waals surface area contributed by atoms with Gasteiger partial charge in [0.2, 0.25) is 5.28 Å². The molecular formula is C17H16Cl2N4O3S. The fourth-order valence-corrected chi connectivity index (χ4v) is 4.24. The van der Waals surface area contributed by atoms with Gasteiger partial charge in [0.05, 0.1) is 36.6 Å². The maximum absolute atomic E-state index is 12.1. The van der Waals surface area contributed by atoms with Crippen LogP contribution in [0.15, 0.2) is 24.3 Å². The highest BCUT2D eigenvalue weighted by atomic mass is 35.5. The lowest BCUT2D eigenvalue weighted by Gasteiger charge is -2.34. The second-order valence-corrected chi connectivity index (χ2v) is 7.81. The minimum atomic E-state index is -2.31. The van der Waals surface area contributed by atoms with E-state index in [-0.39, 0.29) is 22.0 Å². The summed E-state index contributed by atoms with van der Waals surface area (Å²) in [6.07, 6.45) is 0. The Labute approximate surface area is 169 Å². The van der Waals surface area contributed by atoms with Crippen LogP contribution in [0.5, 0.6) is 0 Å². The van der Waals surface area contributed by atoms with Crippen LogP contribution in [0.1, 0.15) is 29.0 Å². The fraction of sp³-hybridized carbons (Fsp3) is 0.353. The minimum Gasteiger partial charge on any atom is -0.377 e. The van der Waals surface area contributed by atoms with Crippen molar-refractivity contribution in [1.29, 1.82) is 5.26 Å². The molecule has 1 aliphatic rings. The number of aromatic nitrogens is 2. The lowest BCUT2D eigenvalue weighted by atomic mass is 10.1. The fourth-order valence-electron chi connectivity index (χ4n) is 2.95. The number of anilines is 1. The van der Waals surface area contributed by atoms with Crippen molar-refractivity contribution in [2.45, 2.75) is 18.2 Å². The molecule has 1 N–H and O–H groups in total. The first-order chi connectivity index (χ1) is 12.9. The van der Waals surface area contributed by atoms with E-state index in [1.165, 1.54) is 12.1 Å². The molecule has 27 heavy (non-hydrogen) atoms. The molecule has 2 aromatic rings. The number of hydrogen-bond acceptors (Lipinski definition) is 6. The van der Waals surface area contributed by atoms with Crippen LogP contribution in [0.2, 0.25) is 10.3 Å². The largest absolute Gasteiger partial charge is 0.377 e. The number of nitrogens with zero attached hydrogens (tertiary/aromatic N) is 4. The molecule has 1 fully saturated rings. The SMILES string of the molecule is C[C@H]1COCCN1c1cc(C(c2ccc(C#N)cc2Cl)S(=O)O)nc(Cl)n1. The zero-order valence-corrected chi connectivity index (χ0v) is 16.6. The third kappa shape index (κ3) is 4.39. The van der Waals surface area contributed by atoms with E-state index < -0.39 is 16.3 Å². The van der Waals surface area contributed by atoms with Crippen molar-refractivity contribution in [3.63, 3.8) is 0 Å². The monoisotopic (exact) mass is 426 g/mol. The van der Waals surface area contributed by atoms with E-state index in [1.54, 1.807) is 12.1 Å². The zero-order chi connectivity index (χ0) is 19.6. The van der Waals surface area contributed by atoms with Gasteiger partial charge in [-0.15, -0.1) is 0 Å². The molecule has 2 heterocycles. The average Bonchev–Trinajstić information content (AvgIpc) is 2.63. The summed E-state index contributed by atoms with van der Waals surface area (Å²) in [6.45, 7) is 3.72. The first kappa shape index (κ1) is 20.0. The van der Waals surface area contributed by atoms with Crippen LogP contribution in [-0.4, -0.2) is 44.5 Å². The molecule has 3 atom stereocenters. The normalized spacial score (nSPS) is 19.4. The molecule has 0 radical (unpaired) electrons. The summed E-state index contributed by atoms with van der Waals surface area (Å²) < 4.78 is 27.5. The standard InChI is InChI=1S/C17H16Cl2N4O3S/c1-10-9-26-5-4-23(10)15-7-14(21-17(19)22-15)16(27(24)25)12-3-2-11(8-20)6-13(12)18/h2-3,6-7,10,16H,4-5,9H2,1H3,(H,24,25)/t10-,16?/m0/s1. The lowest BCUT2D eigenvalue weighted by molar-refractivity contribution is 0.0985. The molecule has 1 aromatic heterocycles. The van der Waals surface area contributed by atoms with E-state index in [0.717, 1.165) is 0 Å². The van der Waals surface area contributed by atoms with Gasteiger partial charge in [0.1, 0.15) is 11.1 Å². The molecule has 0 aliphatic carbocycles. The van der Waals surface area contributed by atoms with Crippen molar-refractivity contribution in [2.75, 3.05) is 24.7 Å². The Balaban J connectivity index is 2.06. The van der Waals surface area contributed by atoms with Crippen molar-refractivity contribution in [3.8, 4) is 6.07 Å². The van der Waals surface area contributed by atoms with E-state index in [4.69, 9.17) is 33.2 Å². The van der Waals surface area contributed by atoms with Crippen LogP contribution in [0.25, 0.3) is 0 Å². The summed E-state index contributed by atoms with van der Waals surface area (Å²) in [7, 11) is 0. The van der Waals surface area contributed by atoms with Crippen molar-refractivity contribution < 1.29 is 13.5 Å². The highest BCUT2D eigenvalue weighted by Crippen LogP contribution is 2.34. The molecule has 1 aromatic carbocycles. The van der Waals surface area contributed by atoms with Crippen LogP contribution < -0.4 is 4.90 Å². The quantitative estimate of drug-likeness (QED) is 0.591. The third-order valence-corrected chi connectivity index (χ3v) is 5.64. The molecule has 142 valence electrons. The molecule has 1 saturated heterocycles. The van der Waals surface area contributed by atoms with Gasteiger partial charge in [-0.1, -0.05) is 17.7 Å². The van der Waals surface area contributed by atoms with Gasteiger partial charge >= 0.3 is 0 Å². The van der Waals surface area contributed by atoms with E-state index in [0.29, 0.717) is 36.7 Å². The average molecular weight is 427 g/mol. The summed E-state index contributed by atoms with van der Waals surface area (Å²) >= 11 is 10.0. The van der Waals surface area contributed by atoms with Crippen LogP contribution in [0.4, 0.5) is 5.82 Å². The summed E-state index contributed by atoms with van der Waals surface area (Å²) in [5, 5.41) is 8.14. The number of benzene rings is 1. The molecule has 2 unspecified atom stereocenters. The maximum Gasteiger partial charge on any atom is 0.224 e. The van der Waals surface area contributed by atoms with Gasteiger partial charge in [0, 0.05) is 17.6 Å². The summed E-state index contributed by atoms with van der Waals surface area (Å²) in [5.41, 5.74) is 1.01. The zero-order valence-electron chi connectivity index (χ0n) is 14.3. The van der Waals surface area contributed by atoms with E-state index in [9.17, 15) is 8.76 Å². The van der Waals surface area contributed by atoms with Gasteiger partial charge in [0.15, 0.2) is 11.1 Å². The van der Waals surface area contributed by atoms with Gasteiger partial charge in [0.25, 0.3) is 0 Å². The van der Waals surface area contributed by atoms with Gasteiger partial charge in [-0.2, -0.15) is 5.26 Å². The van der Waals surface area contributed by atoms with Gasteiger partial charge in [-0.3, -0.25) is 0 Å².